The van der Waals surface area contributed by atoms with Crippen LogP contribution in [0.2, 0.25) is 0 Å². The van der Waals surface area contributed by atoms with E-state index in [1.54, 1.807) is 43.0 Å². The second kappa shape index (κ2) is 31.6. The fourth-order valence-corrected chi connectivity index (χ4v) is 6.00. The Hall–Kier alpha value is -5.23. The Kier molecular flexibility index (Phi) is 26.2. The van der Waals surface area contributed by atoms with Gasteiger partial charge >= 0.3 is 12.1 Å². The zero-order valence-corrected chi connectivity index (χ0v) is 36.9. The highest BCUT2D eigenvalue weighted by atomic mass is 16.6. The molecule has 1 aromatic rings. The largest absolute Gasteiger partial charge is 0.445 e. The van der Waals surface area contributed by atoms with Crippen molar-refractivity contribution in [3.8, 4) is 0 Å². The molecule has 2 heterocycles. The second-order valence-electron chi connectivity index (χ2n) is 14.8. The average molecular weight is 907 g/mol. The number of rotatable bonds is 33. The van der Waals surface area contributed by atoms with Crippen molar-refractivity contribution in [3.05, 3.63) is 42.0 Å². The molecule has 1 aromatic carbocycles. The van der Waals surface area contributed by atoms with Crippen LogP contribution in [0.3, 0.4) is 0 Å². The Morgan fingerprint density at radius 2 is 1.25 bits per heavy atom. The molecule has 0 bridgehead atoms. The van der Waals surface area contributed by atoms with Crippen molar-refractivity contribution in [1.29, 1.82) is 0 Å². The van der Waals surface area contributed by atoms with E-state index >= 15 is 0 Å². The Bertz CT molecular complexity index is 1610. The van der Waals surface area contributed by atoms with Crippen LogP contribution in [0.15, 0.2) is 36.4 Å². The van der Waals surface area contributed by atoms with Gasteiger partial charge in [-0.15, -0.1) is 0 Å². The highest BCUT2D eigenvalue weighted by molar-refractivity contribution is 6.12. The van der Waals surface area contributed by atoms with Crippen LogP contribution >= 0.6 is 0 Å². The number of amides is 8. The van der Waals surface area contributed by atoms with Gasteiger partial charge in [0.05, 0.1) is 85.8 Å². The van der Waals surface area contributed by atoms with E-state index < -0.39 is 41.9 Å². The van der Waals surface area contributed by atoms with Gasteiger partial charge in [-0.25, -0.2) is 9.59 Å². The highest BCUT2D eigenvalue weighted by Crippen LogP contribution is 2.14. The molecule has 22 nitrogen and oxygen atoms in total. The number of piperazine rings is 1. The average Bonchev–Trinajstić information content (AvgIpc) is 3.60. The Morgan fingerprint density at radius 1 is 0.719 bits per heavy atom. The van der Waals surface area contributed by atoms with Gasteiger partial charge in [0.15, 0.2) is 0 Å². The van der Waals surface area contributed by atoms with Crippen LogP contribution < -0.4 is 32.3 Å². The maximum absolute atomic E-state index is 13.5. The number of carbonyl (C=O) groups excluding carboxylic acids is 7. The number of anilines is 1. The summed E-state index contributed by atoms with van der Waals surface area (Å²) < 4.78 is 38.2. The van der Waals surface area contributed by atoms with Gasteiger partial charge < -0.3 is 70.4 Å². The summed E-state index contributed by atoms with van der Waals surface area (Å²) in [7, 11) is 0. The molecular formula is C42H66N8O14. The number of hydrogen-bond acceptors (Lipinski definition) is 15. The minimum absolute atomic E-state index is 0.00460. The third kappa shape index (κ3) is 22.4. The summed E-state index contributed by atoms with van der Waals surface area (Å²) in [4.78, 5) is 88.9. The minimum Gasteiger partial charge on any atom is -0.445 e. The summed E-state index contributed by atoms with van der Waals surface area (Å²) in [5.41, 5.74) is 6.36. The first kappa shape index (κ1) is 53.1. The Balaban J connectivity index is 1.24. The highest BCUT2D eigenvalue weighted by Gasteiger charge is 2.29. The summed E-state index contributed by atoms with van der Waals surface area (Å²) in [5, 5.41) is 13.9. The number of nitrogens with zero attached hydrogens (tertiary/aromatic N) is 2. The SMILES string of the molecule is CC(C)C(NC(=O)CCOCCOCCOCCOCCOCCOCCN1C(=O)C=CC1=O)C(=O)N[C@@H](CCCNC(N)=O)C(=O)Nc1ccc(COC(=O)N2CCNCC2)cc1. The molecule has 2 aliphatic heterocycles. The summed E-state index contributed by atoms with van der Waals surface area (Å²) >= 11 is 0. The van der Waals surface area contributed by atoms with Crippen molar-refractivity contribution in [2.75, 3.05) is 124 Å². The predicted octanol–water partition coefficient (Wildman–Crippen LogP) is -0.344. The quantitative estimate of drug-likeness (QED) is 0.0389. The minimum atomic E-state index is -1.01. The molecule has 0 aromatic heterocycles. The van der Waals surface area contributed by atoms with Crippen molar-refractivity contribution >= 4 is 47.3 Å². The fourth-order valence-electron chi connectivity index (χ4n) is 6.00. The van der Waals surface area contributed by atoms with E-state index in [0.29, 0.717) is 97.7 Å². The van der Waals surface area contributed by atoms with Crippen LogP contribution in [0.25, 0.3) is 0 Å². The van der Waals surface area contributed by atoms with Crippen molar-refractivity contribution in [3.63, 3.8) is 0 Å². The van der Waals surface area contributed by atoms with Gasteiger partial charge in [0, 0.05) is 57.0 Å². The van der Waals surface area contributed by atoms with Crippen LogP contribution in [-0.2, 0) is 63.7 Å². The first-order valence-electron chi connectivity index (χ1n) is 21.6. The number of urea groups is 1. The number of carbonyl (C=O) groups is 7. The lowest BCUT2D eigenvalue weighted by Gasteiger charge is -2.26. The number of nitrogens with one attached hydrogen (secondary N) is 5. The first-order valence-corrected chi connectivity index (χ1v) is 21.6. The molecule has 0 aliphatic carbocycles. The second-order valence-corrected chi connectivity index (χ2v) is 14.8. The third-order valence-corrected chi connectivity index (χ3v) is 9.52. The maximum atomic E-state index is 13.5. The lowest BCUT2D eigenvalue weighted by Crippen LogP contribution is -2.54. The van der Waals surface area contributed by atoms with E-state index in [2.05, 4.69) is 26.6 Å². The summed E-state index contributed by atoms with van der Waals surface area (Å²) in [6.07, 6.45) is 2.57. The standard InChI is InChI=1S/C42H66N8O14/c1-31(2)38(48-35(51)11-18-58-20-22-60-24-26-62-28-29-63-27-25-61-23-21-59-19-17-50-36(52)9-10-37(50)53)40(55)47-34(4-3-12-45-41(43)56)39(54)46-33-7-5-32(6-8-33)30-64-42(57)49-15-13-44-14-16-49/h5-10,31,34,38,44H,3-4,11-30H2,1-2H3,(H,46,54)(H,47,55)(H,48,51)(H3,43,45,56)/t34-,38?/m0/s1. The molecule has 1 unspecified atom stereocenters. The Morgan fingerprint density at radius 3 is 1.78 bits per heavy atom. The number of nitrogens with two attached hydrogens (primary N) is 1. The molecule has 0 radical (unpaired) electrons. The van der Waals surface area contributed by atoms with E-state index in [1.165, 1.54) is 12.2 Å². The van der Waals surface area contributed by atoms with Crippen molar-refractivity contribution in [2.24, 2.45) is 11.7 Å². The zero-order chi connectivity index (χ0) is 46.4. The summed E-state index contributed by atoms with van der Waals surface area (Å²) in [6, 6.07) is 4.10. The zero-order valence-electron chi connectivity index (χ0n) is 36.9. The molecule has 358 valence electrons. The molecule has 2 aliphatic rings. The van der Waals surface area contributed by atoms with E-state index in [9.17, 15) is 33.6 Å². The third-order valence-electron chi connectivity index (χ3n) is 9.52. The fraction of sp³-hybridized carbons (Fsp3) is 0.643. The number of imide groups is 1. The van der Waals surface area contributed by atoms with Crippen molar-refractivity contribution in [2.45, 2.75) is 51.8 Å². The van der Waals surface area contributed by atoms with Gasteiger partial charge in [-0.1, -0.05) is 26.0 Å². The Labute approximate surface area is 373 Å². The molecule has 3 rings (SSSR count). The first-order chi connectivity index (χ1) is 30.9. The molecule has 0 spiro atoms. The van der Waals surface area contributed by atoms with Gasteiger partial charge in [0.25, 0.3) is 11.8 Å². The molecule has 1 saturated heterocycles. The number of hydrogen-bond donors (Lipinski definition) is 6. The van der Waals surface area contributed by atoms with E-state index in [1.807, 2.05) is 0 Å². The molecule has 8 amide bonds. The van der Waals surface area contributed by atoms with Gasteiger partial charge in [0.1, 0.15) is 18.7 Å². The number of benzene rings is 1. The van der Waals surface area contributed by atoms with Gasteiger partial charge in [-0.05, 0) is 36.5 Å². The molecule has 1 fully saturated rings. The van der Waals surface area contributed by atoms with Crippen molar-refractivity contribution in [1.82, 2.24) is 31.1 Å². The predicted molar refractivity (Wildman–Crippen MR) is 231 cm³/mol. The maximum Gasteiger partial charge on any atom is 0.410 e. The van der Waals surface area contributed by atoms with Gasteiger partial charge in [-0.2, -0.15) is 0 Å². The van der Waals surface area contributed by atoms with Gasteiger partial charge in [0.2, 0.25) is 17.7 Å². The number of primary amides is 1. The molecule has 22 heteroatoms. The normalized spacial score (nSPS) is 14.7. The van der Waals surface area contributed by atoms with Crippen LogP contribution in [0.5, 0.6) is 0 Å². The summed E-state index contributed by atoms with van der Waals surface area (Å²) in [5.74, 6) is -2.44. The van der Waals surface area contributed by atoms with Crippen LogP contribution in [-0.4, -0.2) is 182 Å². The van der Waals surface area contributed by atoms with Crippen LogP contribution in [0.1, 0.15) is 38.7 Å². The smallest absolute Gasteiger partial charge is 0.410 e. The lowest BCUT2D eigenvalue weighted by molar-refractivity contribution is -0.137. The van der Waals surface area contributed by atoms with Gasteiger partial charge in [-0.3, -0.25) is 28.9 Å². The van der Waals surface area contributed by atoms with Crippen LogP contribution in [0, 0.1) is 5.92 Å². The summed E-state index contributed by atoms with van der Waals surface area (Å²) in [6.45, 7) is 10.4. The van der Waals surface area contributed by atoms with E-state index in [4.69, 9.17) is 38.9 Å². The van der Waals surface area contributed by atoms with Crippen LogP contribution in [0.4, 0.5) is 15.3 Å². The van der Waals surface area contributed by atoms with E-state index in [0.717, 1.165) is 10.5 Å². The van der Waals surface area contributed by atoms with E-state index in [-0.39, 0.29) is 70.1 Å². The lowest BCUT2D eigenvalue weighted by atomic mass is 10.0. The molecular weight excluding hydrogens is 841 g/mol. The molecule has 2 atom stereocenters. The number of ether oxygens (including phenoxy) is 7. The monoisotopic (exact) mass is 906 g/mol. The molecule has 64 heavy (non-hydrogen) atoms. The van der Waals surface area contributed by atoms with Crippen molar-refractivity contribution < 1.29 is 66.7 Å². The topological polar surface area (TPSA) is 277 Å². The molecule has 7 N–H and O–H groups in total. The molecule has 0 saturated carbocycles.